The molecule has 22 heavy (non-hydrogen) atoms. The van der Waals surface area contributed by atoms with Gasteiger partial charge in [-0.05, 0) is 30.7 Å². The van der Waals surface area contributed by atoms with Crippen molar-refractivity contribution in [1.82, 2.24) is 15.1 Å². The molecule has 2 aromatic rings. The second-order valence-corrected chi connectivity index (χ2v) is 6.13. The summed E-state index contributed by atoms with van der Waals surface area (Å²) < 4.78 is 1.72. The molecule has 0 radical (unpaired) electrons. The van der Waals surface area contributed by atoms with E-state index >= 15 is 0 Å². The molecule has 1 unspecified atom stereocenters. The Morgan fingerprint density at radius 2 is 2.27 bits per heavy atom. The number of aromatic nitrogens is 2. The number of benzene rings is 1. The predicted octanol–water partition coefficient (Wildman–Crippen LogP) is 2.79. The predicted molar refractivity (Wildman–Crippen MR) is 87.4 cm³/mol. The van der Waals surface area contributed by atoms with Crippen LogP contribution in [0, 0.1) is 5.92 Å². The summed E-state index contributed by atoms with van der Waals surface area (Å²) in [6.45, 7) is 2.09. The van der Waals surface area contributed by atoms with Gasteiger partial charge >= 0.3 is 0 Å². The number of anilines is 1. The lowest BCUT2D eigenvalue weighted by Gasteiger charge is -2.12. The van der Waals surface area contributed by atoms with E-state index in [1.54, 1.807) is 29.1 Å². The number of carbonyl (C=O) groups is 1. The number of nitrogens with zero attached hydrogens (tertiary/aromatic N) is 2. The largest absolute Gasteiger partial charge is 0.316 e. The highest BCUT2D eigenvalue weighted by Crippen LogP contribution is 2.23. The highest BCUT2D eigenvalue weighted by Gasteiger charge is 2.23. The third-order valence-corrected chi connectivity index (χ3v) is 4.32. The van der Waals surface area contributed by atoms with Crippen molar-refractivity contribution in [2.75, 3.05) is 18.4 Å². The number of hydrogen-bond acceptors (Lipinski definition) is 3. The van der Waals surface area contributed by atoms with Crippen molar-refractivity contribution >= 4 is 34.9 Å². The number of amides is 1. The smallest absolute Gasteiger partial charge is 0.229 e. The molecule has 2 heterocycles. The lowest BCUT2D eigenvalue weighted by Crippen LogP contribution is -2.26. The topological polar surface area (TPSA) is 59.0 Å². The molecule has 0 spiro atoms. The molecule has 1 amide bonds. The van der Waals surface area contributed by atoms with E-state index in [0.29, 0.717) is 22.4 Å². The van der Waals surface area contributed by atoms with Crippen LogP contribution in [0.2, 0.25) is 10.0 Å². The minimum absolute atomic E-state index is 0.0162. The molecule has 2 N–H and O–H groups in total. The fourth-order valence-electron chi connectivity index (χ4n) is 2.48. The first-order valence-electron chi connectivity index (χ1n) is 7.11. The lowest BCUT2D eigenvalue weighted by molar-refractivity contribution is -0.119. The number of rotatable bonds is 4. The van der Waals surface area contributed by atoms with Gasteiger partial charge in [-0.3, -0.25) is 4.79 Å². The molecule has 1 aliphatic rings. The maximum atomic E-state index is 12.2. The quantitative estimate of drug-likeness (QED) is 0.901. The van der Waals surface area contributed by atoms with Crippen molar-refractivity contribution in [2.24, 2.45) is 5.92 Å². The van der Waals surface area contributed by atoms with Crippen LogP contribution in [0.15, 0.2) is 30.5 Å². The molecule has 1 atom stereocenters. The minimum atomic E-state index is 0.0162. The van der Waals surface area contributed by atoms with E-state index in [1.807, 2.05) is 6.07 Å². The standard InChI is InChI=1S/C15H16Cl2N4O/c16-12-2-1-11(13(17)7-12)9-21-14(4-6-19-21)20-15(22)10-3-5-18-8-10/h1-2,4,6-7,10,18H,3,5,8-9H2,(H,20,22). The van der Waals surface area contributed by atoms with Gasteiger partial charge in [0.2, 0.25) is 5.91 Å². The first kappa shape index (κ1) is 15.3. The van der Waals surface area contributed by atoms with Gasteiger partial charge < -0.3 is 10.6 Å². The Hall–Kier alpha value is -1.56. The molecular formula is C15H16Cl2N4O. The summed E-state index contributed by atoms with van der Waals surface area (Å²) >= 11 is 12.1. The number of nitrogens with one attached hydrogen (secondary N) is 2. The van der Waals surface area contributed by atoms with Gasteiger partial charge in [0, 0.05) is 22.7 Å². The zero-order valence-corrected chi connectivity index (χ0v) is 13.4. The summed E-state index contributed by atoms with van der Waals surface area (Å²) in [6.07, 6.45) is 2.52. The van der Waals surface area contributed by atoms with E-state index in [1.165, 1.54) is 0 Å². The summed E-state index contributed by atoms with van der Waals surface area (Å²) in [5.41, 5.74) is 0.896. The van der Waals surface area contributed by atoms with E-state index in [0.717, 1.165) is 25.1 Å². The Morgan fingerprint density at radius 1 is 1.41 bits per heavy atom. The molecule has 0 aliphatic carbocycles. The molecular weight excluding hydrogens is 323 g/mol. The van der Waals surface area contributed by atoms with Gasteiger partial charge in [0.05, 0.1) is 18.7 Å². The maximum Gasteiger partial charge on any atom is 0.229 e. The van der Waals surface area contributed by atoms with Crippen LogP contribution in [-0.2, 0) is 11.3 Å². The summed E-state index contributed by atoms with van der Waals surface area (Å²) in [7, 11) is 0. The van der Waals surface area contributed by atoms with Gasteiger partial charge in [-0.25, -0.2) is 4.68 Å². The molecule has 3 rings (SSSR count). The van der Waals surface area contributed by atoms with Crippen LogP contribution < -0.4 is 10.6 Å². The molecule has 1 aromatic carbocycles. The van der Waals surface area contributed by atoms with Crippen LogP contribution in [-0.4, -0.2) is 28.8 Å². The van der Waals surface area contributed by atoms with E-state index < -0.39 is 0 Å². The molecule has 1 fully saturated rings. The monoisotopic (exact) mass is 338 g/mol. The second kappa shape index (κ2) is 6.69. The van der Waals surface area contributed by atoms with Crippen molar-refractivity contribution in [3.8, 4) is 0 Å². The molecule has 116 valence electrons. The fourth-order valence-corrected chi connectivity index (χ4v) is 2.95. The van der Waals surface area contributed by atoms with Crippen LogP contribution in [0.25, 0.3) is 0 Å². The fraction of sp³-hybridized carbons (Fsp3) is 0.333. The van der Waals surface area contributed by atoms with Crippen molar-refractivity contribution in [3.63, 3.8) is 0 Å². The zero-order chi connectivity index (χ0) is 15.5. The number of halogens is 2. The Morgan fingerprint density at radius 3 is 3.00 bits per heavy atom. The average Bonchev–Trinajstić information content (AvgIpc) is 3.14. The minimum Gasteiger partial charge on any atom is -0.316 e. The SMILES string of the molecule is O=C(Nc1ccnn1Cc1ccc(Cl)cc1Cl)C1CCNC1. The van der Waals surface area contributed by atoms with Crippen molar-refractivity contribution in [2.45, 2.75) is 13.0 Å². The normalized spacial score (nSPS) is 17.6. The van der Waals surface area contributed by atoms with Crippen LogP contribution in [0.4, 0.5) is 5.82 Å². The Kier molecular flexibility index (Phi) is 4.66. The Bertz CT molecular complexity index is 680. The van der Waals surface area contributed by atoms with Crippen molar-refractivity contribution in [1.29, 1.82) is 0 Å². The second-order valence-electron chi connectivity index (χ2n) is 5.29. The molecule has 5 nitrogen and oxygen atoms in total. The van der Waals surface area contributed by atoms with E-state index in [4.69, 9.17) is 23.2 Å². The summed E-state index contributed by atoms with van der Waals surface area (Å²) in [5.74, 6) is 0.708. The highest BCUT2D eigenvalue weighted by molar-refractivity contribution is 6.35. The molecule has 7 heteroatoms. The summed E-state index contributed by atoms with van der Waals surface area (Å²) in [6, 6.07) is 7.13. The van der Waals surface area contributed by atoms with E-state index in [-0.39, 0.29) is 11.8 Å². The summed E-state index contributed by atoms with van der Waals surface area (Å²) in [5, 5.41) is 11.5. The van der Waals surface area contributed by atoms with Crippen molar-refractivity contribution < 1.29 is 4.79 Å². The van der Waals surface area contributed by atoms with Crippen LogP contribution >= 0.6 is 23.2 Å². The van der Waals surface area contributed by atoms with Crippen LogP contribution in [0.1, 0.15) is 12.0 Å². The molecule has 1 aromatic heterocycles. The Labute approximate surface area is 138 Å². The van der Waals surface area contributed by atoms with Crippen molar-refractivity contribution in [3.05, 3.63) is 46.1 Å². The van der Waals surface area contributed by atoms with E-state index in [9.17, 15) is 4.79 Å². The van der Waals surface area contributed by atoms with Gasteiger partial charge in [-0.15, -0.1) is 0 Å². The van der Waals surface area contributed by atoms with Gasteiger partial charge in [-0.2, -0.15) is 5.10 Å². The summed E-state index contributed by atoms with van der Waals surface area (Å²) in [4.78, 5) is 12.2. The molecule has 1 aliphatic heterocycles. The third-order valence-electron chi connectivity index (χ3n) is 3.73. The number of carbonyl (C=O) groups excluding carboxylic acids is 1. The lowest BCUT2D eigenvalue weighted by atomic mass is 10.1. The third kappa shape index (κ3) is 3.43. The van der Waals surface area contributed by atoms with Crippen LogP contribution in [0.5, 0.6) is 0 Å². The van der Waals surface area contributed by atoms with Gasteiger partial charge in [-0.1, -0.05) is 29.3 Å². The highest BCUT2D eigenvalue weighted by atomic mass is 35.5. The molecule has 0 saturated carbocycles. The first-order chi connectivity index (χ1) is 10.6. The molecule has 0 bridgehead atoms. The first-order valence-corrected chi connectivity index (χ1v) is 7.86. The zero-order valence-electron chi connectivity index (χ0n) is 11.9. The average molecular weight is 339 g/mol. The molecule has 1 saturated heterocycles. The van der Waals surface area contributed by atoms with Gasteiger partial charge in [0.25, 0.3) is 0 Å². The Balaban J connectivity index is 1.73. The van der Waals surface area contributed by atoms with Crippen LogP contribution in [0.3, 0.4) is 0 Å². The van der Waals surface area contributed by atoms with E-state index in [2.05, 4.69) is 15.7 Å². The van der Waals surface area contributed by atoms with Gasteiger partial charge in [0.1, 0.15) is 5.82 Å². The van der Waals surface area contributed by atoms with Gasteiger partial charge in [0.15, 0.2) is 0 Å². The maximum absolute atomic E-state index is 12.2. The number of hydrogen-bond donors (Lipinski definition) is 2.